The summed E-state index contributed by atoms with van der Waals surface area (Å²) >= 11 is 0. The van der Waals surface area contributed by atoms with Crippen molar-refractivity contribution < 1.29 is 9.59 Å². The summed E-state index contributed by atoms with van der Waals surface area (Å²) < 4.78 is 0. The molecule has 2 rings (SSSR count). The number of likely N-dealkylation sites (tertiary alicyclic amines) is 1. The van der Waals surface area contributed by atoms with Gasteiger partial charge in [0.2, 0.25) is 11.8 Å². The van der Waals surface area contributed by atoms with Gasteiger partial charge in [-0.1, -0.05) is 26.2 Å². The molecule has 1 aliphatic heterocycles. The van der Waals surface area contributed by atoms with Crippen LogP contribution in [-0.2, 0) is 9.59 Å². The average Bonchev–Trinajstić information content (AvgIpc) is 2.92. The first-order chi connectivity index (χ1) is 10.2. The lowest BCUT2D eigenvalue weighted by atomic mass is 9.83. The molecule has 2 unspecified atom stereocenters. The first-order valence-corrected chi connectivity index (χ1v) is 8.47. The summed E-state index contributed by atoms with van der Waals surface area (Å²) in [5.41, 5.74) is 5.88. The number of nitrogens with one attached hydrogen (secondary N) is 1. The van der Waals surface area contributed by atoms with Crippen molar-refractivity contribution in [3.05, 3.63) is 0 Å². The third kappa shape index (κ3) is 3.96. The van der Waals surface area contributed by atoms with Gasteiger partial charge in [0, 0.05) is 25.6 Å². The Balaban J connectivity index is 1.94. The number of hydrogen-bond acceptors (Lipinski definition) is 3. The second kappa shape index (κ2) is 7.78. The van der Waals surface area contributed by atoms with Crippen molar-refractivity contribution in [1.82, 2.24) is 10.2 Å². The topological polar surface area (TPSA) is 75.4 Å². The fraction of sp³-hybridized carbons (Fsp3) is 0.875. The van der Waals surface area contributed by atoms with Gasteiger partial charge < -0.3 is 16.0 Å². The van der Waals surface area contributed by atoms with Gasteiger partial charge >= 0.3 is 0 Å². The highest BCUT2D eigenvalue weighted by Crippen LogP contribution is 2.26. The first-order valence-electron chi connectivity index (χ1n) is 8.47. The molecule has 0 aromatic heterocycles. The van der Waals surface area contributed by atoms with Gasteiger partial charge in [-0.15, -0.1) is 0 Å². The molecule has 0 radical (unpaired) electrons. The Kier molecular flexibility index (Phi) is 6.03. The number of rotatable bonds is 6. The second-order valence-corrected chi connectivity index (χ2v) is 6.36. The standard InChI is InChI=1S/C16H29N3O2/c1-2-14(19-10-6-9-15(19)20)16(21)18-13(11-17)12-7-4-3-5-8-12/h12-14H,2-11,17H2,1H3,(H,18,21). The van der Waals surface area contributed by atoms with Crippen LogP contribution < -0.4 is 11.1 Å². The van der Waals surface area contributed by atoms with E-state index >= 15 is 0 Å². The van der Waals surface area contributed by atoms with Gasteiger partial charge in [0.1, 0.15) is 6.04 Å². The Hall–Kier alpha value is -1.10. The molecule has 2 amide bonds. The van der Waals surface area contributed by atoms with Crippen molar-refractivity contribution in [2.75, 3.05) is 13.1 Å². The molecule has 1 saturated carbocycles. The molecule has 1 heterocycles. The zero-order valence-electron chi connectivity index (χ0n) is 13.1. The molecule has 0 bridgehead atoms. The molecular formula is C16H29N3O2. The Morgan fingerprint density at radius 1 is 1.33 bits per heavy atom. The maximum absolute atomic E-state index is 12.6. The molecule has 2 fully saturated rings. The number of nitrogens with zero attached hydrogens (tertiary/aromatic N) is 1. The highest BCUT2D eigenvalue weighted by atomic mass is 16.2. The minimum atomic E-state index is -0.322. The van der Waals surface area contributed by atoms with Crippen LogP contribution in [0.15, 0.2) is 0 Å². The molecule has 1 saturated heterocycles. The molecule has 0 aromatic rings. The minimum absolute atomic E-state index is 0.0197. The molecule has 3 N–H and O–H groups in total. The monoisotopic (exact) mass is 295 g/mol. The average molecular weight is 295 g/mol. The molecule has 21 heavy (non-hydrogen) atoms. The van der Waals surface area contributed by atoms with E-state index in [9.17, 15) is 9.59 Å². The summed E-state index contributed by atoms with van der Waals surface area (Å²) in [5.74, 6) is 0.590. The van der Waals surface area contributed by atoms with Crippen molar-refractivity contribution in [3.8, 4) is 0 Å². The van der Waals surface area contributed by atoms with E-state index in [2.05, 4.69) is 5.32 Å². The van der Waals surface area contributed by atoms with Crippen LogP contribution in [0.4, 0.5) is 0 Å². The molecule has 1 aliphatic carbocycles. The van der Waals surface area contributed by atoms with Gasteiger partial charge in [-0.25, -0.2) is 0 Å². The number of amides is 2. The third-order valence-corrected chi connectivity index (χ3v) is 4.98. The van der Waals surface area contributed by atoms with E-state index in [1.165, 1.54) is 19.3 Å². The fourth-order valence-corrected chi connectivity index (χ4v) is 3.73. The molecule has 120 valence electrons. The van der Waals surface area contributed by atoms with E-state index in [4.69, 9.17) is 5.73 Å². The van der Waals surface area contributed by atoms with Crippen LogP contribution in [-0.4, -0.2) is 41.9 Å². The van der Waals surface area contributed by atoms with Crippen LogP contribution in [0.5, 0.6) is 0 Å². The molecule has 0 spiro atoms. The lowest BCUT2D eigenvalue weighted by Crippen LogP contribution is -2.53. The smallest absolute Gasteiger partial charge is 0.243 e. The first kappa shape index (κ1) is 16.3. The van der Waals surface area contributed by atoms with Gasteiger partial charge in [0.05, 0.1) is 0 Å². The summed E-state index contributed by atoms with van der Waals surface area (Å²) in [6, 6.07) is -0.262. The summed E-state index contributed by atoms with van der Waals surface area (Å²) in [5, 5.41) is 3.13. The van der Waals surface area contributed by atoms with E-state index in [1.54, 1.807) is 4.90 Å². The maximum Gasteiger partial charge on any atom is 0.243 e. The summed E-state index contributed by atoms with van der Waals surface area (Å²) in [4.78, 5) is 26.2. The number of carbonyl (C=O) groups excluding carboxylic acids is 2. The van der Waals surface area contributed by atoms with E-state index in [-0.39, 0.29) is 23.9 Å². The highest BCUT2D eigenvalue weighted by molar-refractivity contribution is 5.88. The van der Waals surface area contributed by atoms with Crippen molar-refractivity contribution >= 4 is 11.8 Å². The molecule has 5 heteroatoms. The quantitative estimate of drug-likeness (QED) is 0.778. The Bertz CT molecular complexity index is 367. The van der Waals surface area contributed by atoms with Crippen molar-refractivity contribution in [2.24, 2.45) is 11.7 Å². The molecular weight excluding hydrogens is 266 g/mol. The molecule has 2 aliphatic rings. The van der Waals surface area contributed by atoms with E-state index in [1.807, 2.05) is 6.92 Å². The number of carbonyl (C=O) groups is 2. The van der Waals surface area contributed by atoms with Crippen molar-refractivity contribution in [2.45, 2.75) is 70.4 Å². The van der Waals surface area contributed by atoms with Crippen LogP contribution in [0.3, 0.4) is 0 Å². The zero-order chi connectivity index (χ0) is 15.2. The highest BCUT2D eigenvalue weighted by Gasteiger charge is 2.33. The van der Waals surface area contributed by atoms with Crippen molar-refractivity contribution in [1.29, 1.82) is 0 Å². The Labute approximate surface area is 127 Å². The van der Waals surface area contributed by atoms with Crippen molar-refractivity contribution in [3.63, 3.8) is 0 Å². The maximum atomic E-state index is 12.6. The minimum Gasteiger partial charge on any atom is -0.350 e. The van der Waals surface area contributed by atoms with Gasteiger partial charge in [-0.05, 0) is 31.6 Å². The summed E-state index contributed by atoms with van der Waals surface area (Å²) in [6.45, 7) is 3.16. The Morgan fingerprint density at radius 2 is 2.05 bits per heavy atom. The van der Waals surface area contributed by atoms with Crippen LogP contribution in [0.2, 0.25) is 0 Å². The largest absolute Gasteiger partial charge is 0.350 e. The van der Waals surface area contributed by atoms with Gasteiger partial charge in [0.15, 0.2) is 0 Å². The predicted molar refractivity (Wildman–Crippen MR) is 82.6 cm³/mol. The second-order valence-electron chi connectivity index (χ2n) is 6.36. The van der Waals surface area contributed by atoms with Gasteiger partial charge in [-0.3, -0.25) is 9.59 Å². The molecule has 5 nitrogen and oxygen atoms in total. The zero-order valence-corrected chi connectivity index (χ0v) is 13.1. The number of hydrogen-bond donors (Lipinski definition) is 2. The van der Waals surface area contributed by atoms with E-state index in [0.717, 1.165) is 19.3 Å². The summed E-state index contributed by atoms with van der Waals surface area (Å²) in [7, 11) is 0. The van der Waals surface area contributed by atoms with Gasteiger partial charge in [-0.2, -0.15) is 0 Å². The SMILES string of the molecule is CCC(C(=O)NC(CN)C1CCCCC1)N1CCCC1=O. The normalized spacial score (nSPS) is 23.1. The summed E-state index contributed by atoms with van der Waals surface area (Å²) in [6.07, 6.45) is 8.18. The lowest BCUT2D eigenvalue weighted by Gasteiger charge is -2.33. The molecule has 2 atom stereocenters. The fourth-order valence-electron chi connectivity index (χ4n) is 3.73. The van der Waals surface area contributed by atoms with Crippen LogP contribution in [0.25, 0.3) is 0 Å². The van der Waals surface area contributed by atoms with E-state index < -0.39 is 0 Å². The lowest BCUT2D eigenvalue weighted by molar-refractivity contribution is -0.138. The molecule has 0 aromatic carbocycles. The Morgan fingerprint density at radius 3 is 2.57 bits per heavy atom. The van der Waals surface area contributed by atoms with Crippen LogP contribution in [0.1, 0.15) is 58.3 Å². The third-order valence-electron chi connectivity index (χ3n) is 4.98. The van der Waals surface area contributed by atoms with Crippen LogP contribution >= 0.6 is 0 Å². The predicted octanol–water partition coefficient (Wildman–Crippen LogP) is 1.41. The van der Waals surface area contributed by atoms with E-state index in [0.29, 0.717) is 31.8 Å². The number of nitrogens with two attached hydrogens (primary N) is 1. The van der Waals surface area contributed by atoms with Gasteiger partial charge in [0.25, 0.3) is 0 Å². The van der Waals surface area contributed by atoms with Crippen LogP contribution in [0, 0.1) is 5.92 Å².